The first-order chi connectivity index (χ1) is 7.65. The third kappa shape index (κ3) is 3.55. The number of hydrogen-bond acceptors (Lipinski definition) is 3. The molecule has 0 atom stereocenters. The lowest BCUT2D eigenvalue weighted by Crippen LogP contribution is -2.02. The SMILES string of the molecule is Cc1ccc(C(=O)O)cc1OCCCCO. The predicted molar refractivity (Wildman–Crippen MR) is 60.0 cm³/mol. The van der Waals surface area contributed by atoms with Gasteiger partial charge >= 0.3 is 5.97 Å². The lowest BCUT2D eigenvalue weighted by molar-refractivity contribution is 0.0696. The minimum absolute atomic E-state index is 0.150. The van der Waals surface area contributed by atoms with E-state index in [1.54, 1.807) is 12.1 Å². The molecule has 0 saturated heterocycles. The summed E-state index contributed by atoms with van der Waals surface area (Å²) in [6, 6.07) is 4.81. The van der Waals surface area contributed by atoms with Gasteiger partial charge in [0.05, 0.1) is 12.2 Å². The second kappa shape index (κ2) is 6.12. The fourth-order valence-corrected chi connectivity index (χ4v) is 1.28. The maximum atomic E-state index is 10.8. The number of carboxylic acid groups (broad SMARTS) is 1. The van der Waals surface area contributed by atoms with Crippen molar-refractivity contribution in [3.63, 3.8) is 0 Å². The summed E-state index contributed by atoms with van der Waals surface area (Å²) in [5.41, 5.74) is 1.14. The molecule has 0 fully saturated rings. The van der Waals surface area contributed by atoms with Gasteiger partial charge in [0.25, 0.3) is 0 Å². The predicted octanol–water partition coefficient (Wildman–Crippen LogP) is 1.84. The van der Waals surface area contributed by atoms with Crippen LogP contribution in [-0.4, -0.2) is 29.4 Å². The van der Waals surface area contributed by atoms with Gasteiger partial charge in [-0.05, 0) is 37.5 Å². The van der Waals surface area contributed by atoms with Crippen LogP contribution in [0.4, 0.5) is 0 Å². The van der Waals surface area contributed by atoms with Crippen molar-refractivity contribution in [2.75, 3.05) is 13.2 Å². The van der Waals surface area contributed by atoms with Gasteiger partial charge in [-0.2, -0.15) is 0 Å². The number of aliphatic hydroxyl groups excluding tert-OH is 1. The fraction of sp³-hybridized carbons (Fsp3) is 0.417. The van der Waals surface area contributed by atoms with Crippen LogP contribution in [0, 0.1) is 6.92 Å². The zero-order chi connectivity index (χ0) is 12.0. The summed E-state index contributed by atoms with van der Waals surface area (Å²) in [6.07, 6.45) is 1.45. The third-order valence-corrected chi connectivity index (χ3v) is 2.25. The van der Waals surface area contributed by atoms with E-state index in [0.717, 1.165) is 12.0 Å². The van der Waals surface area contributed by atoms with Crippen LogP contribution in [0.1, 0.15) is 28.8 Å². The topological polar surface area (TPSA) is 66.8 Å². The van der Waals surface area contributed by atoms with E-state index in [4.69, 9.17) is 14.9 Å². The minimum atomic E-state index is -0.958. The second-order valence-electron chi connectivity index (χ2n) is 3.56. The van der Waals surface area contributed by atoms with Crippen LogP contribution in [0.3, 0.4) is 0 Å². The van der Waals surface area contributed by atoms with Crippen molar-refractivity contribution in [3.8, 4) is 5.75 Å². The van der Waals surface area contributed by atoms with Gasteiger partial charge in [-0.1, -0.05) is 6.07 Å². The van der Waals surface area contributed by atoms with E-state index in [0.29, 0.717) is 18.8 Å². The molecule has 0 aliphatic heterocycles. The smallest absolute Gasteiger partial charge is 0.335 e. The van der Waals surface area contributed by atoms with Crippen molar-refractivity contribution in [3.05, 3.63) is 29.3 Å². The number of aliphatic hydroxyl groups is 1. The molecule has 0 unspecified atom stereocenters. The van der Waals surface area contributed by atoms with Crippen molar-refractivity contribution < 1.29 is 19.7 Å². The highest BCUT2D eigenvalue weighted by Gasteiger charge is 2.06. The second-order valence-corrected chi connectivity index (χ2v) is 3.56. The van der Waals surface area contributed by atoms with Crippen molar-refractivity contribution >= 4 is 5.97 Å². The first-order valence-electron chi connectivity index (χ1n) is 5.22. The Balaban J connectivity index is 2.63. The molecule has 1 aromatic carbocycles. The van der Waals surface area contributed by atoms with Crippen LogP contribution in [0.15, 0.2) is 18.2 Å². The highest BCUT2D eigenvalue weighted by molar-refractivity contribution is 5.88. The van der Waals surface area contributed by atoms with Gasteiger partial charge < -0.3 is 14.9 Å². The van der Waals surface area contributed by atoms with Crippen LogP contribution in [0.5, 0.6) is 5.75 Å². The molecule has 88 valence electrons. The van der Waals surface area contributed by atoms with E-state index in [1.807, 2.05) is 6.92 Å². The molecule has 1 aromatic rings. The Morgan fingerprint density at radius 2 is 2.12 bits per heavy atom. The number of hydrogen-bond donors (Lipinski definition) is 2. The Morgan fingerprint density at radius 3 is 2.75 bits per heavy atom. The molecule has 0 heterocycles. The molecule has 0 radical (unpaired) electrons. The van der Waals surface area contributed by atoms with Crippen LogP contribution in [0.25, 0.3) is 0 Å². The average molecular weight is 224 g/mol. The van der Waals surface area contributed by atoms with E-state index in [1.165, 1.54) is 6.07 Å². The van der Waals surface area contributed by atoms with Gasteiger partial charge in [-0.15, -0.1) is 0 Å². The van der Waals surface area contributed by atoms with Crippen LogP contribution in [0.2, 0.25) is 0 Å². The summed E-state index contributed by atoms with van der Waals surface area (Å²) in [5.74, 6) is -0.363. The lowest BCUT2D eigenvalue weighted by Gasteiger charge is -2.09. The summed E-state index contributed by atoms with van der Waals surface area (Å²) >= 11 is 0. The number of carboxylic acids is 1. The Hall–Kier alpha value is -1.55. The molecule has 0 aliphatic rings. The number of aromatic carboxylic acids is 1. The van der Waals surface area contributed by atoms with Crippen molar-refractivity contribution in [2.24, 2.45) is 0 Å². The van der Waals surface area contributed by atoms with Gasteiger partial charge in [0, 0.05) is 6.61 Å². The number of aryl methyl sites for hydroxylation is 1. The molecular weight excluding hydrogens is 208 g/mol. The van der Waals surface area contributed by atoms with Gasteiger partial charge in [0.1, 0.15) is 5.75 Å². The summed E-state index contributed by atoms with van der Waals surface area (Å²) < 4.78 is 5.46. The summed E-state index contributed by atoms with van der Waals surface area (Å²) in [4.78, 5) is 10.8. The highest BCUT2D eigenvalue weighted by atomic mass is 16.5. The summed E-state index contributed by atoms with van der Waals surface area (Å²) in [7, 11) is 0. The molecule has 16 heavy (non-hydrogen) atoms. The number of unbranched alkanes of at least 4 members (excludes halogenated alkanes) is 1. The monoisotopic (exact) mass is 224 g/mol. The maximum Gasteiger partial charge on any atom is 0.335 e. The largest absolute Gasteiger partial charge is 0.493 e. The van der Waals surface area contributed by atoms with E-state index in [9.17, 15) is 4.79 Å². The van der Waals surface area contributed by atoms with Crippen molar-refractivity contribution in [1.82, 2.24) is 0 Å². The molecule has 0 aliphatic carbocycles. The summed E-state index contributed by atoms with van der Waals surface area (Å²) in [6.45, 7) is 2.51. The molecule has 2 N–H and O–H groups in total. The molecule has 0 aromatic heterocycles. The van der Waals surface area contributed by atoms with Gasteiger partial charge in [0.2, 0.25) is 0 Å². The maximum absolute atomic E-state index is 10.8. The first kappa shape index (κ1) is 12.5. The van der Waals surface area contributed by atoms with Gasteiger partial charge in [0.15, 0.2) is 0 Å². The first-order valence-corrected chi connectivity index (χ1v) is 5.22. The molecule has 0 saturated carbocycles. The molecule has 1 rings (SSSR count). The number of rotatable bonds is 6. The quantitative estimate of drug-likeness (QED) is 0.723. The standard InChI is InChI=1S/C12H16O4/c1-9-4-5-10(12(14)15)8-11(9)16-7-3-2-6-13/h4-5,8,13H,2-3,6-7H2,1H3,(H,14,15). The molecule has 4 nitrogen and oxygen atoms in total. The van der Waals surface area contributed by atoms with Crippen molar-refractivity contribution in [1.29, 1.82) is 0 Å². The molecule has 4 heteroatoms. The van der Waals surface area contributed by atoms with E-state index in [2.05, 4.69) is 0 Å². The van der Waals surface area contributed by atoms with Crippen LogP contribution >= 0.6 is 0 Å². The van der Waals surface area contributed by atoms with Gasteiger partial charge in [-0.25, -0.2) is 4.79 Å². The molecule has 0 spiro atoms. The zero-order valence-electron chi connectivity index (χ0n) is 9.27. The normalized spacial score (nSPS) is 10.1. The number of ether oxygens (including phenoxy) is 1. The Bertz CT molecular complexity index is 360. The highest BCUT2D eigenvalue weighted by Crippen LogP contribution is 2.19. The molecule has 0 amide bonds. The zero-order valence-corrected chi connectivity index (χ0v) is 9.27. The van der Waals surface area contributed by atoms with Crippen LogP contribution < -0.4 is 4.74 Å². The Labute approximate surface area is 94.5 Å². The van der Waals surface area contributed by atoms with Crippen LogP contribution in [-0.2, 0) is 0 Å². The van der Waals surface area contributed by atoms with E-state index >= 15 is 0 Å². The van der Waals surface area contributed by atoms with E-state index < -0.39 is 5.97 Å². The number of carbonyl (C=O) groups is 1. The molecular formula is C12H16O4. The number of benzene rings is 1. The lowest BCUT2D eigenvalue weighted by atomic mass is 10.1. The van der Waals surface area contributed by atoms with Crippen molar-refractivity contribution in [2.45, 2.75) is 19.8 Å². The fourth-order valence-electron chi connectivity index (χ4n) is 1.28. The Kier molecular flexibility index (Phi) is 4.79. The molecule has 0 bridgehead atoms. The Morgan fingerprint density at radius 1 is 1.38 bits per heavy atom. The average Bonchev–Trinajstić information content (AvgIpc) is 2.26. The minimum Gasteiger partial charge on any atom is -0.493 e. The summed E-state index contributed by atoms with van der Waals surface area (Å²) in [5, 5.41) is 17.4. The van der Waals surface area contributed by atoms with Gasteiger partial charge in [-0.3, -0.25) is 0 Å². The third-order valence-electron chi connectivity index (χ3n) is 2.25. The van der Waals surface area contributed by atoms with E-state index in [-0.39, 0.29) is 12.2 Å².